The van der Waals surface area contributed by atoms with E-state index in [1.807, 2.05) is 0 Å². The van der Waals surface area contributed by atoms with Gasteiger partial charge in [0, 0.05) is 11.5 Å². The van der Waals surface area contributed by atoms with Gasteiger partial charge in [-0.05, 0) is 31.2 Å². The molecule has 1 fully saturated rings. The van der Waals surface area contributed by atoms with Gasteiger partial charge in [-0.1, -0.05) is 12.1 Å². The number of carboxylic acid groups (broad SMARTS) is 1. The van der Waals surface area contributed by atoms with Crippen LogP contribution in [0.1, 0.15) is 36.3 Å². The third-order valence-electron chi connectivity index (χ3n) is 3.37. The summed E-state index contributed by atoms with van der Waals surface area (Å²) in [6, 6.07) is 3.43. The molecule has 1 aromatic rings. The van der Waals surface area contributed by atoms with Crippen molar-refractivity contribution in [3.8, 4) is 11.5 Å². The Bertz CT molecular complexity index is 449. The Morgan fingerprint density at radius 3 is 2.53 bits per heavy atom. The number of aromatic hydroxyl groups is 2. The molecule has 0 aromatic heterocycles. The fraction of sp³-hybridized carbons (Fsp3) is 0.462. The maximum Gasteiger partial charge on any atom is 0.303 e. The zero-order valence-corrected chi connectivity index (χ0v) is 9.68. The van der Waals surface area contributed by atoms with Crippen LogP contribution in [0.25, 0.3) is 0 Å². The Kier molecular flexibility index (Phi) is 2.96. The highest BCUT2D eigenvalue weighted by Crippen LogP contribution is 2.48. The van der Waals surface area contributed by atoms with Gasteiger partial charge in [-0.15, -0.1) is 0 Å². The van der Waals surface area contributed by atoms with Crippen LogP contribution in [-0.4, -0.2) is 21.3 Å². The second-order valence-electron chi connectivity index (χ2n) is 4.71. The first-order valence-electron chi connectivity index (χ1n) is 5.74. The molecule has 1 aliphatic carbocycles. The van der Waals surface area contributed by atoms with Gasteiger partial charge in [-0.2, -0.15) is 0 Å². The molecule has 1 aliphatic rings. The topological polar surface area (TPSA) is 77.8 Å². The quantitative estimate of drug-likeness (QED) is 0.701. The molecule has 17 heavy (non-hydrogen) atoms. The minimum Gasteiger partial charge on any atom is -0.504 e. The first-order valence-corrected chi connectivity index (χ1v) is 5.74. The molecule has 1 unspecified atom stereocenters. The van der Waals surface area contributed by atoms with Crippen LogP contribution < -0.4 is 0 Å². The van der Waals surface area contributed by atoms with Crippen LogP contribution in [0, 0.1) is 12.8 Å². The van der Waals surface area contributed by atoms with E-state index in [0.717, 1.165) is 12.8 Å². The van der Waals surface area contributed by atoms with Crippen molar-refractivity contribution in [3.63, 3.8) is 0 Å². The van der Waals surface area contributed by atoms with Gasteiger partial charge in [0.25, 0.3) is 0 Å². The van der Waals surface area contributed by atoms with E-state index in [2.05, 4.69) is 0 Å². The van der Waals surface area contributed by atoms with Crippen LogP contribution in [0.2, 0.25) is 0 Å². The molecular formula is C13H16O4. The fourth-order valence-electron chi connectivity index (χ4n) is 2.21. The van der Waals surface area contributed by atoms with E-state index in [0.29, 0.717) is 17.0 Å². The van der Waals surface area contributed by atoms with Crippen LogP contribution in [0.3, 0.4) is 0 Å². The summed E-state index contributed by atoms with van der Waals surface area (Å²) in [5, 5.41) is 28.5. The number of phenols is 2. The summed E-state index contributed by atoms with van der Waals surface area (Å²) >= 11 is 0. The highest BCUT2D eigenvalue weighted by molar-refractivity contribution is 5.69. The monoisotopic (exact) mass is 236 g/mol. The number of hydrogen-bond acceptors (Lipinski definition) is 3. The first-order chi connectivity index (χ1) is 8.00. The number of aliphatic carboxylic acids is 1. The summed E-state index contributed by atoms with van der Waals surface area (Å²) in [5.74, 6) is -1.05. The van der Waals surface area contributed by atoms with Crippen molar-refractivity contribution in [3.05, 3.63) is 23.3 Å². The minimum absolute atomic E-state index is 0.000722. The molecule has 4 nitrogen and oxygen atoms in total. The highest BCUT2D eigenvalue weighted by atomic mass is 16.4. The van der Waals surface area contributed by atoms with Crippen molar-refractivity contribution in [2.24, 2.45) is 5.92 Å². The molecule has 0 aliphatic heterocycles. The van der Waals surface area contributed by atoms with E-state index >= 15 is 0 Å². The number of hydrogen-bond donors (Lipinski definition) is 3. The van der Waals surface area contributed by atoms with E-state index in [9.17, 15) is 15.0 Å². The fourth-order valence-corrected chi connectivity index (χ4v) is 2.21. The molecule has 4 heteroatoms. The zero-order valence-electron chi connectivity index (χ0n) is 9.68. The van der Waals surface area contributed by atoms with E-state index in [1.165, 1.54) is 0 Å². The van der Waals surface area contributed by atoms with Crippen LogP contribution >= 0.6 is 0 Å². The van der Waals surface area contributed by atoms with Crippen molar-refractivity contribution in [1.29, 1.82) is 0 Å². The molecule has 92 valence electrons. The summed E-state index contributed by atoms with van der Waals surface area (Å²) < 4.78 is 0. The lowest BCUT2D eigenvalue weighted by molar-refractivity contribution is -0.137. The third kappa shape index (κ3) is 2.35. The molecule has 0 saturated heterocycles. The van der Waals surface area contributed by atoms with Crippen LogP contribution in [0.5, 0.6) is 11.5 Å². The Balaban J connectivity index is 2.35. The van der Waals surface area contributed by atoms with Crippen LogP contribution in [-0.2, 0) is 4.79 Å². The largest absolute Gasteiger partial charge is 0.504 e. The predicted octanol–water partition coefficient (Wildman–Crippen LogP) is 2.37. The standard InChI is InChI=1S/C13H16O4/c1-7-2-5-9(13(17)12(7)16)10(6-11(14)15)8-3-4-8/h2,5,8,10,16-17H,3-4,6H2,1H3,(H,14,15). The van der Waals surface area contributed by atoms with Crippen molar-refractivity contribution in [2.45, 2.75) is 32.1 Å². The lowest BCUT2D eigenvalue weighted by Crippen LogP contribution is -2.08. The molecule has 1 atom stereocenters. The van der Waals surface area contributed by atoms with Gasteiger partial charge in [0.15, 0.2) is 11.5 Å². The van der Waals surface area contributed by atoms with E-state index in [4.69, 9.17) is 5.11 Å². The number of carboxylic acids is 1. The normalized spacial score (nSPS) is 16.8. The predicted molar refractivity (Wildman–Crippen MR) is 62.2 cm³/mol. The molecule has 1 saturated carbocycles. The molecule has 0 heterocycles. The van der Waals surface area contributed by atoms with E-state index < -0.39 is 5.97 Å². The van der Waals surface area contributed by atoms with Gasteiger partial charge >= 0.3 is 5.97 Å². The molecule has 0 radical (unpaired) electrons. The number of rotatable bonds is 4. The minimum atomic E-state index is -0.874. The molecule has 0 bridgehead atoms. The number of phenolic OH excluding ortho intramolecular Hbond substituents is 2. The molecule has 2 rings (SSSR count). The van der Waals surface area contributed by atoms with Gasteiger partial charge in [0.1, 0.15) is 0 Å². The van der Waals surface area contributed by atoms with Gasteiger partial charge in [0.05, 0.1) is 6.42 Å². The molecule has 3 N–H and O–H groups in total. The van der Waals surface area contributed by atoms with Gasteiger partial charge in [-0.3, -0.25) is 4.79 Å². The Morgan fingerprint density at radius 2 is 2.00 bits per heavy atom. The van der Waals surface area contributed by atoms with E-state index in [-0.39, 0.29) is 23.8 Å². The Labute approximate surface area is 99.5 Å². The van der Waals surface area contributed by atoms with Crippen molar-refractivity contribution in [2.75, 3.05) is 0 Å². The summed E-state index contributed by atoms with van der Waals surface area (Å²) in [5.41, 5.74) is 1.15. The maximum absolute atomic E-state index is 10.8. The lowest BCUT2D eigenvalue weighted by atomic mass is 9.89. The zero-order chi connectivity index (χ0) is 12.6. The summed E-state index contributed by atoms with van der Waals surface area (Å²) in [7, 11) is 0. The lowest BCUT2D eigenvalue weighted by Gasteiger charge is -2.17. The van der Waals surface area contributed by atoms with Crippen LogP contribution in [0.4, 0.5) is 0 Å². The average Bonchev–Trinajstić information content (AvgIpc) is 3.07. The van der Waals surface area contributed by atoms with Crippen LogP contribution in [0.15, 0.2) is 12.1 Å². The molecule has 0 amide bonds. The summed E-state index contributed by atoms with van der Waals surface area (Å²) in [6.07, 6.45) is 1.98. The first kappa shape index (κ1) is 11.8. The summed E-state index contributed by atoms with van der Waals surface area (Å²) in [6.45, 7) is 1.70. The van der Waals surface area contributed by atoms with Gasteiger partial charge in [0.2, 0.25) is 0 Å². The van der Waals surface area contributed by atoms with Crippen molar-refractivity contribution >= 4 is 5.97 Å². The number of aryl methyl sites for hydroxylation is 1. The molecule has 1 aromatic carbocycles. The summed E-state index contributed by atoms with van der Waals surface area (Å²) in [4.78, 5) is 10.8. The smallest absolute Gasteiger partial charge is 0.303 e. The Hall–Kier alpha value is -1.71. The Morgan fingerprint density at radius 1 is 1.35 bits per heavy atom. The average molecular weight is 236 g/mol. The second kappa shape index (κ2) is 4.28. The van der Waals surface area contributed by atoms with E-state index in [1.54, 1.807) is 19.1 Å². The molecular weight excluding hydrogens is 220 g/mol. The molecule has 0 spiro atoms. The van der Waals surface area contributed by atoms with Gasteiger partial charge in [-0.25, -0.2) is 0 Å². The highest BCUT2D eigenvalue weighted by Gasteiger charge is 2.35. The van der Waals surface area contributed by atoms with Crippen molar-refractivity contribution in [1.82, 2.24) is 0 Å². The number of benzene rings is 1. The maximum atomic E-state index is 10.8. The van der Waals surface area contributed by atoms with Gasteiger partial charge < -0.3 is 15.3 Å². The number of carbonyl (C=O) groups is 1. The second-order valence-corrected chi connectivity index (χ2v) is 4.71. The third-order valence-corrected chi connectivity index (χ3v) is 3.37. The van der Waals surface area contributed by atoms with Crippen molar-refractivity contribution < 1.29 is 20.1 Å². The SMILES string of the molecule is Cc1ccc(C(CC(=O)O)C2CC2)c(O)c1O.